The maximum absolute atomic E-state index is 13.1. The molecule has 2 aromatic heterocycles. The SMILES string of the molecule is COc1ccc(OCC2CN(C3CCN(C(=O)c4nnc5cc(C)nn5c4C)CC3)C(=O)O2)cc1. The van der Waals surface area contributed by atoms with Gasteiger partial charge in [0.1, 0.15) is 18.1 Å². The quantitative estimate of drug-likeness (QED) is 0.528. The zero-order chi connectivity index (χ0) is 24.5. The second-order valence-corrected chi connectivity index (χ2v) is 8.86. The summed E-state index contributed by atoms with van der Waals surface area (Å²) in [6.45, 7) is 5.49. The number of benzene rings is 1. The monoisotopic (exact) mass is 480 g/mol. The molecule has 184 valence electrons. The van der Waals surface area contributed by atoms with Gasteiger partial charge in [-0.05, 0) is 51.0 Å². The molecular formula is C24H28N6O5. The van der Waals surface area contributed by atoms with Gasteiger partial charge in [0.15, 0.2) is 17.4 Å². The first-order valence-electron chi connectivity index (χ1n) is 11.7. The fourth-order valence-electron chi connectivity index (χ4n) is 4.59. The van der Waals surface area contributed by atoms with E-state index in [1.807, 2.05) is 44.2 Å². The zero-order valence-electron chi connectivity index (χ0n) is 20.0. The molecule has 1 aromatic carbocycles. The number of rotatable bonds is 6. The Bertz CT molecular complexity index is 1240. The van der Waals surface area contributed by atoms with Crippen LogP contribution in [0.4, 0.5) is 4.79 Å². The fraction of sp³-hybridized carbons (Fsp3) is 0.458. The number of amides is 2. The fourth-order valence-corrected chi connectivity index (χ4v) is 4.59. The summed E-state index contributed by atoms with van der Waals surface area (Å²) in [5, 5.41) is 12.7. The van der Waals surface area contributed by atoms with Crippen molar-refractivity contribution in [2.75, 3.05) is 33.4 Å². The average molecular weight is 481 g/mol. The van der Waals surface area contributed by atoms with Crippen molar-refractivity contribution in [1.82, 2.24) is 29.6 Å². The number of hydrogen-bond acceptors (Lipinski definition) is 8. The minimum absolute atomic E-state index is 0.0148. The number of fused-ring (bicyclic) bond motifs is 1. The van der Waals surface area contributed by atoms with Gasteiger partial charge < -0.3 is 24.0 Å². The molecule has 5 rings (SSSR count). The summed E-state index contributed by atoms with van der Waals surface area (Å²) in [5.74, 6) is 1.27. The minimum atomic E-state index is -0.341. The van der Waals surface area contributed by atoms with E-state index in [1.165, 1.54) is 0 Å². The van der Waals surface area contributed by atoms with Crippen LogP contribution in [0.25, 0.3) is 5.65 Å². The standard InChI is InChI=1S/C24H28N6O5/c1-15-12-21-25-26-22(16(2)30(21)27-15)23(31)28-10-8-17(9-11-28)29-13-20(35-24(29)32)14-34-19-6-4-18(33-3)5-7-19/h4-7,12,17,20H,8-11,13-14H2,1-3H3. The number of aryl methyl sites for hydroxylation is 2. The van der Waals surface area contributed by atoms with Crippen LogP contribution >= 0.6 is 0 Å². The Kier molecular flexibility index (Phi) is 6.14. The Hall–Kier alpha value is -3.89. The van der Waals surface area contributed by atoms with E-state index < -0.39 is 0 Å². The van der Waals surface area contributed by atoms with Crippen molar-refractivity contribution < 1.29 is 23.8 Å². The highest BCUT2D eigenvalue weighted by atomic mass is 16.6. The van der Waals surface area contributed by atoms with Gasteiger partial charge >= 0.3 is 6.09 Å². The van der Waals surface area contributed by atoms with Gasteiger partial charge in [-0.2, -0.15) is 5.10 Å². The second kappa shape index (κ2) is 9.40. The number of methoxy groups -OCH3 is 1. The number of nitrogens with zero attached hydrogens (tertiary/aromatic N) is 6. The second-order valence-electron chi connectivity index (χ2n) is 8.86. The summed E-state index contributed by atoms with van der Waals surface area (Å²) in [4.78, 5) is 29.2. The lowest BCUT2D eigenvalue weighted by Crippen LogP contribution is -2.47. The smallest absolute Gasteiger partial charge is 0.410 e. The van der Waals surface area contributed by atoms with E-state index in [2.05, 4.69) is 15.3 Å². The van der Waals surface area contributed by atoms with Crippen LogP contribution in [0.1, 0.15) is 34.7 Å². The molecule has 2 aliphatic heterocycles. The maximum atomic E-state index is 13.1. The Balaban J connectivity index is 1.15. The van der Waals surface area contributed by atoms with E-state index >= 15 is 0 Å². The molecule has 1 unspecified atom stereocenters. The summed E-state index contributed by atoms with van der Waals surface area (Å²) in [6.07, 6.45) is 0.663. The summed E-state index contributed by atoms with van der Waals surface area (Å²) < 4.78 is 18.1. The first-order chi connectivity index (χ1) is 16.9. The molecule has 0 aliphatic carbocycles. The van der Waals surface area contributed by atoms with Crippen LogP contribution in [0, 0.1) is 13.8 Å². The lowest BCUT2D eigenvalue weighted by atomic mass is 10.0. The number of hydrogen-bond donors (Lipinski definition) is 0. The van der Waals surface area contributed by atoms with E-state index in [9.17, 15) is 9.59 Å². The minimum Gasteiger partial charge on any atom is -0.497 e. The number of likely N-dealkylation sites (tertiary alicyclic amines) is 1. The number of aromatic nitrogens is 4. The number of piperidine rings is 1. The molecule has 1 atom stereocenters. The highest BCUT2D eigenvalue weighted by molar-refractivity contribution is 5.93. The molecule has 0 saturated carbocycles. The summed E-state index contributed by atoms with van der Waals surface area (Å²) in [6, 6.07) is 9.11. The van der Waals surface area contributed by atoms with Crippen molar-refractivity contribution in [2.24, 2.45) is 0 Å². The van der Waals surface area contributed by atoms with Crippen LogP contribution < -0.4 is 9.47 Å². The molecule has 35 heavy (non-hydrogen) atoms. The molecule has 2 amide bonds. The molecule has 4 heterocycles. The van der Waals surface area contributed by atoms with Crippen LogP contribution in [0.5, 0.6) is 11.5 Å². The van der Waals surface area contributed by atoms with Crippen molar-refractivity contribution in [3.8, 4) is 11.5 Å². The van der Waals surface area contributed by atoms with Gasteiger partial charge in [-0.1, -0.05) is 0 Å². The molecule has 0 bridgehead atoms. The van der Waals surface area contributed by atoms with Gasteiger partial charge in [0.25, 0.3) is 5.91 Å². The summed E-state index contributed by atoms with van der Waals surface area (Å²) in [7, 11) is 1.61. The Morgan fingerprint density at radius 2 is 1.83 bits per heavy atom. The molecule has 11 nitrogen and oxygen atoms in total. The van der Waals surface area contributed by atoms with E-state index in [0.29, 0.717) is 55.3 Å². The number of cyclic esters (lactones) is 1. The first-order valence-corrected chi connectivity index (χ1v) is 11.7. The van der Waals surface area contributed by atoms with Crippen molar-refractivity contribution in [1.29, 1.82) is 0 Å². The van der Waals surface area contributed by atoms with Gasteiger partial charge in [-0.3, -0.25) is 4.79 Å². The molecule has 11 heteroatoms. The lowest BCUT2D eigenvalue weighted by Gasteiger charge is -2.35. The van der Waals surface area contributed by atoms with E-state index in [-0.39, 0.29) is 30.8 Å². The highest BCUT2D eigenvalue weighted by Gasteiger charge is 2.38. The highest BCUT2D eigenvalue weighted by Crippen LogP contribution is 2.25. The van der Waals surface area contributed by atoms with Crippen molar-refractivity contribution in [2.45, 2.75) is 38.8 Å². The van der Waals surface area contributed by atoms with E-state index in [0.717, 1.165) is 11.4 Å². The van der Waals surface area contributed by atoms with Gasteiger partial charge in [-0.15, -0.1) is 10.2 Å². The Morgan fingerprint density at radius 3 is 2.54 bits per heavy atom. The molecule has 0 spiro atoms. The molecule has 2 aliphatic rings. The number of carbonyl (C=O) groups is 2. The lowest BCUT2D eigenvalue weighted by molar-refractivity contribution is 0.0649. The van der Waals surface area contributed by atoms with Crippen LogP contribution in [0.3, 0.4) is 0 Å². The summed E-state index contributed by atoms with van der Waals surface area (Å²) >= 11 is 0. The molecular weight excluding hydrogens is 452 g/mol. The molecule has 0 N–H and O–H groups in total. The van der Waals surface area contributed by atoms with Crippen LogP contribution in [-0.2, 0) is 4.74 Å². The third kappa shape index (κ3) is 4.58. The number of ether oxygens (including phenoxy) is 3. The zero-order valence-corrected chi connectivity index (χ0v) is 20.0. The van der Waals surface area contributed by atoms with Gasteiger partial charge in [0.2, 0.25) is 0 Å². The van der Waals surface area contributed by atoms with Crippen molar-refractivity contribution in [3.63, 3.8) is 0 Å². The van der Waals surface area contributed by atoms with Crippen molar-refractivity contribution in [3.05, 3.63) is 47.4 Å². The number of carbonyl (C=O) groups excluding carboxylic acids is 2. The van der Waals surface area contributed by atoms with Gasteiger partial charge in [0.05, 0.1) is 25.0 Å². The van der Waals surface area contributed by atoms with Crippen molar-refractivity contribution >= 4 is 17.6 Å². The van der Waals surface area contributed by atoms with E-state index in [1.54, 1.807) is 21.4 Å². The third-order valence-electron chi connectivity index (χ3n) is 6.52. The topological polar surface area (TPSA) is 111 Å². The maximum Gasteiger partial charge on any atom is 0.410 e. The predicted molar refractivity (Wildman–Crippen MR) is 125 cm³/mol. The van der Waals surface area contributed by atoms with Gasteiger partial charge in [0, 0.05) is 25.2 Å². The summed E-state index contributed by atoms with van der Waals surface area (Å²) in [5.41, 5.74) is 2.40. The van der Waals surface area contributed by atoms with E-state index in [4.69, 9.17) is 14.2 Å². The van der Waals surface area contributed by atoms with Crippen LogP contribution in [-0.4, -0.2) is 87.1 Å². The third-order valence-corrected chi connectivity index (χ3v) is 6.52. The molecule has 3 aromatic rings. The molecule has 2 saturated heterocycles. The Labute approximate surface area is 202 Å². The molecule has 0 radical (unpaired) electrons. The average Bonchev–Trinajstić information content (AvgIpc) is 3.45. The van der Waals surface area contributed by atoms with Crippen LogP contribution in [0.2, 0.25) is 0 Å². The normalized spacial score (nSPS) is 18.7. The molecule has 2 fully saturated rings. The largest absolute Gasteiger partial charge is 0.497 e. The van der Waals surface area contributed by atoms with Gasteiger partial charge in [-0.25, -0.2) is 9.31 Å². The van der Waals surface area contributed by atoms with Crippen LogP contribution in [0.15, 0.2) is 30.3 Å². The first kappa shape index (κ1) is 22.9. The Morgan fingerprint density at radius 1 is 1.11 bits per heavy atom. The predicted octanol–water partition coefficient (Wildman–Crippen LogP) is 2.25.